The van der Waals surface area contributed by atoms with E-state index in [1.54, 1.807) is 13.2 Å². The first-order chi connectivity index (χ1) is 5.84. The molecule has 0 atom stereocenters. The summed E-state index contributed by atoms with van der Waals surface area (Å²) in [4.78, 5) is 1.50. The van der Waals surface area contributed by atoms with Crippen molar-refractivity contribution in [1.29, 1.82) is 0 Å². The van der Waals surface area contributed by atoms with Crippen molar-refractivity contribution in [3.63, 3.8) is 0 Å². The van der Waals surface area contributed by atoms with E-state index in [0.29, 0.717) is 12.2 Å². The summed E-state index contributed by atoms with van der Waals surface area (Å²) in [6.07, 6.45) is 2.24. The fraction of sp³-hybridized carbons (Fsp3) is 0.400. The molecule has 0 aliphatic rings. The van der Waals surface area contributed by atoms with E-state index in [2.05, 4.69) is 30.8 Å². The molecule has 0 saturated carbocycles. The van der Waals surface area contributed by atoms with Gasteiger partial charge in [-0.25, -0.2) is 0 Å². The van der Waals surface area contributed by atoms with Crippen molar-refractivity contribution in [2.75, 3.05) is 0 Å². The van der Waals surface area contributed by atoms with E-state index in [-0.39, 0.29) is 0 Å². The number of aromatic amines is 1. The van der Waals surface area contributed by atoms with Crippen molar-refractivity contribution in [2.45, 2.75) is 6.42 Å². The normalized spacial score (nSPS) is 10.4. The Kier molecular flexibility index (Phi) is 1.54. The largest absolute Gasteiger partial charge is 0.188 e. The molecule has 0 aromatic carbocycles. The lowest BCUT2D eigenvalue weighted by molar-refractivity contribution is 0.646. The first kappa shape index (κ1) is 6.89. The molecule has 0 unspecified atom stereocenters. The van der Waals surface area contributed by atoms with Gasteiger partial charge < -0.3 is 0 Å². The highest BCUT2D eigenvalue weighted by atomic mass is 15.5. The number of hydrogen-bond donors (Lipinski definition) is 1. The summed E-state index contributed by atoms with van der Waals surface area (Å²) in [5.74, 6) is 0.621. The van der Waals surface area contributed by atoms with Crippen molar-refractivity contribution < 1.29 is 0 Å². The van der Waals surface area contributed by atoms with Gasteiger partial charge in [-0.15, -0.1) is 10.2 Å². The second-order valence-corrected chi connectivity index (χ2v) is 2.33. The van der Waals surface area contributed by atoms with E-state index >= 15 is 0 Å². The zero-order valence-electron chi connectivity index (χ0n) is 6.47. The molecule has 7 heteroatoms. The van der Waals surface area contributed by atoms with Crippen molar-refractivity contribution in [2.24, 2.45) is 7.05 Å². The number of aryl methyl sites for hydroxylation is 1. The molecular formula is C5H7N7. The molecule has 12 heavy (non-hydrogen) atoms. The molecule has 0 bridgehead atoms. The molecule has 0 aliphatic heterocycles. The Morgan fingerprint density at radius 3 is 3.08 bits per heavy atom. The molecule has 2 heterocycles. The molecule has 1 N–H and O–H groups in total. The van der Waals surface area contributed by atoms with Gasteiger partial charge in [0, 0.05) is 7.05 Å². The van der Waals surface area contributed by atoms with Crippen LogP contribution in [0, 0.1) is 0 Å². The first-order valence-electron chi connectivity index (χ1n) is 3.42. The van der Waals surface area contributed by atoms with Crippen molar-refractivity contribution >= 4 is 0 Å². The number of nitrogens with one attached hydrogen (secondary N) is 1. The standard InChI is InChI=1S/C5H7N7/c1-12-6-3-4(9-12)2-5-7-10-11-8-5/h3H,2H2,1H3,(H,7,8,10,11). The number of rotatable bonds is 2. The summed E-state index contributed by atoms with van der Waals surface area (Å²) in [6, 6.07) is 0. The molecule has 2 aromatic heterocycles. The third kappa shape index (κ3) is 1.29. The maximum atomic E-state index is 4.07. The van der Waals surface area contributed by atoms with Gasteiger partial charge in [-0.2, -0.15) is 20.2 Å². The Hall–Kier alpha value is -1.79. The van der Waals surface area contributed by atoms with Crippen LogP contribution in [0.5, 0.6) is 0 Å². The highest BCUT2D eigenvalue weighted by Gasteiger charge is 2.03. The van der Waals surface area contributed by atoms with Crippen LogP contribution in [0.25, 0.3) is 0 Å². The van der Waals surface area contributed by atoms with Gasteiger partial charge in [-0.05, 0) is 0 Å². The number of H-pyrrole nitrogens is 1. The Morgan fingerprint density at radius 2 is 2.50 bits per heavy atom. The summed E-state index contributed by atoms with van der Waals surface area (Å²) in [6.45, 7) is 0. The maximum Gasteiger partial charge on any atom is 0.180 e. The molecule has 62 valence electrons. The molecule has 0 saturated heterocycles. The lowest BCUT2D eigenvalue weighted by Crippen LogP contribution is -1.95. The Balaban J connectivity index is 2.14. The van der Waals surface area contributed by atoms with Gasteiger partial charge in [0.05, 0.1) is 18.3 Å². The number of aromatic nitrogens is 7. The highest BCUT2D eigenvalue weighted by Crippen LogP contribution is 1.96. The van der Waals surface area contributed by atoms with E-state index < -0.39 is 0 Å². The van der Waals surface area contributed by atoms with Crippen LogP contribution in [-0.2, 0) is 13.5 Å². The second-order valence-electron chi connectivity index (χ2n) is 2.33. The molecule has 2 rings (SSSR count). The molecule has 0 aliphatic carbocycles. The Morgan fingerprint density at radius 1 is 1.58 bits per heavy atom. The zero-order valence-corrected chi connectivity index (χ0v) is 6.47. The molecule has 0 amide bonds. The minimum absolute atomic E-state index is 0.560. The van der Waals surface area contributed by atoms with Gasteiger partial charge in [0.2, 0.25) is 0 Å². The van der Waals surface area contributed by atoms with Gasteiger partial charge in [-0.3, -0.25) is 0 Å². The lowest BCUT2D eigenvalue weighted by atomic mass is 10.3. The van der Waals surface area contributed by atoms with Crippen LogP contribution < -0.4 is 0 Å². The van der Waals surface area contributed by atoms with Gasteiger partial charge in [0.15, 0.2) is 5.82 Å². The lowest BCUT2D eigenvalue weighted by Gasteiger charge is -1.85. The Bertz CT molecular complexity index is 348. The zero-order chi connectivity index (χ0) is 8.39. The predicted molar refractivity (Wildman–Crippen MR) is 38.0 cm³/mol. The van der Waals surface area contributed by atoms with Crippen LogP contribution in [0.15, 0.2) is 6.20 Å². The number of nitrogens with zero attached hydrogens (tertiary/aromatic N) is 6. The third-order valence-corrected chi connectivity index (χ3v) is 1.38. The summed E-state index contributed by atoms with van der Waals surface area (Å²) in [5, 5.41) is 21.4. The smallest absolute Gasteiger partial charge is 0.180 e. The minimum atomic E-state index is 0.560. The van der Waals surface area contributed by atoms with Crippen LogP contribution >= 0.6 is 0 Å². The summed E-state index contributed by atoms with van der Waals surface area (Å²) in [5.41, 5.74) is 0.832. The third-order valence-electron chi connectivity index (χ3n) is 1.38. The molecule has 0 fully saturated rings. The van der Waals surface area contributed by atoms with E-state index in [1.165, 1.54) is 4.80 Å². The summed E-state index contributed by atoms with van der Waals surface area (Å²) < 4.78 is 0. The average molecular weight is 165 g/mol. The molecule has 2 aromatic rings. The summed E-state index contributed by atoms with van der Waals surface area (Å²) >= 11 is 0. The molecular weight excluding hydrogens is 158 g/mol. The highest BCUT2D eigenvalue weighted by molar-refractivity contribution is 5.00. The number of hydrogen-bond acceptors (Lipinski definition) is 5. The topological polar surface area (TPSA) is 85.2 Å². The molecule has 0 spiro atoms. The van der Waals surface area contributed by atoms with Gasteiger partial charge >= 0.3 is 0 Å². The van der Waals surface area contributed by atoms with E-state index in [4.69, 9.17) is 0 Å². The monoisotopic (exact) mass is 165 g/mol. The minimum Gasteiger partial charge on any atom is -0.188 e. The van der Waals surface area contributed by atoms with Gasteiger partial charge in [-0.1, -0.05) is 5.21 Å². The van der Waals surface area contributed by atoms with Crippen molar-refractivity contribution in [3.05, 3.63) is 17.7 Å². The van der Waals surface area contributed by atoms with Gasteiger partial charge in [0.1, 0.15) is 0 Å². The Labute approximate surface area is 67.8 Å². The van der Waals surface area contributed by atoms with Crippen molar-refractivity contribution in [3.8, 4) is 0 Å². The van der Waals surface area contributed by atoms with E-state index in [0.717, 1.165) is 5.69 Å². The summed E-state index contributed by atoms with van der Waals surface area (Å²) in [7, 11) is 1.76. The van der Waals surface area contributed by atoms with Crippen LogP contribution in [0.4, 0.5) is 0 Å². The number of tetrazole rings is 1. The average Bonchev–Trinajstić information content (AvgIpc) is 2.63. The molecule has 0 radical (unpaired) electrons. The van der Waals surface area contributed by atoms with Crippen molar-refractivity contribution in [1.82, 2.24) is 35.6 Å². The SMILES string of the molecule is Cn1ncc(Cc2nn[nH]n2)n1. The fourth-order valence-corrected chi connectivity index (χ4v) is 0.888. The van der Waals surface area contributed by atoms with Gasteiger partial charge in [0.25, 0.3) is 0 Å². The molecule has 7 nitrogen and oxygen atoms in total. The van der Waals surface area contributed by atoms with Crippen LogP contribution in [-0.4, -0.2) is 35.6 Å². The second kappa shape index (κ2) is 2.68. The fourth-order valence-electron chi connectivity index (χ4n) is 0.888. The quantitative estimate of drug-likeness (QED) is 0.611. The van der Waals surface area contributed by atoms with Crippen LogP contribution in [0.1, 0.15) is 11.5 Å². The van der Waals surface area contributed by atoms with Crippen LogP contribution in [0.2, 0.25) is 0 Å². The van der Waals surface area contributed by atoms with Crippen LogP contribution in [0.3, 0.4) is 0 Å². The van der Waals surface area contributed by atoms with E-state index in [1.807, 2.05) is 0 Å². The predicted octanol–water partition coefficient (Wildman–Crippen LogP) is -1.08. The van der Waals surface area contributed by atoms with E-state index in [9.17, 15) is 0 Å². The first-order valence-corrected chi connectivity index (χ1v) is 3.42. The maximum absolute atomic E-state index is 4.07.